The van der Waals surface area contributed by atoms with Crippen molar-refractivity contribution in [3.63, 3.8) is 0 Å². The Labute approximate surface area is 173 Å². The first-order valence-electron chi connectivity index (χ1n) is 9.55. The number of nitrogens with zero attached hydrogens (tertiary/aromatic N) is 1. The predicted molar refractivity (Wildman–Crippen MR) is 105 cm³/mol. The summed E-state index contributed by atoms with van der Waals surface area (Å²) in [5.41, 5.74) is 0.879. The molecule has 1 fully saturated rings. The van der Waals surface area contributed by atoms with Gasteiger partial charge in [-0.25, -0.2) is 4.79 Å². The number of likely N-dealkylation sites (tertiary alicyclic amines) is 1. The van der Waals surface area contributed by atoms with Crippen LogP contribution in [0.2, 0.25) is 0 Å². The van der Waals surface area contributed by atoms with Crippen LogP contribution in [-0.2, 0) is 32.2 Å². The molecule has 3 rings (SSSR count). The average Bonchev–Trinajstić information content (AvgIpc) is 3.37. The van der Waals surface area contributed by atoms with Gasteiger partial charge in [0.25, 0.3) is 5.91 Å². The Morgan fingerprint density at radius 2 is 1.97 bits per heavy atom. The number of amides is 4. The van der Waals surface area contributed by atoms with E-state index >= 15 is 0 Å². The van der Waals surface area contributed by atoms with E-state index in [0.29, 0.717) is 5.76 Å². The molecule has 9 nitrogen and oxygen atoms in total. The van der Waals surface area contributed by atoms with Gasteiger partial charge in [0, 0.05) is 19.5 Å². The molecule has 4 amide bonds. The number of urea groups is 1. The lowest BCUT2D eigenvalue weighted by Gasteiger charge is -2.17. The summed E-state index contributed by atoms with van der Waals surface area (Å²) in [7, 11) is 0. The lowest BCUT2D eigenvalue weighted by atomic mass is 10.1. The molecule has 0 saturated carbocycles. The highest BCUT2D eigenvalue weighted by Gasteiger charge is 2.37. The summed E-state index contributed by atoms with van der Waals surface area (Å²) >= 11 is 0. The van der Waals surface area contributed by atoms with Gasteiger partial charge >= 0.3 is 12.0 Å². The molecule has 0 aliphatic carbocycles. The molecule has 0 unspecified atom stereocenters. The van der Waals surface area contributed by atoms with E-state index in [4.69, 9.17) is 9.15 Å². The fourth-order valence-electron chi connectivity index (χ4n) is 3.03. The molecular weight excluding hydrogens is 390 g/mol. The summed E-state index contributed by atoms with van der Waals surface area (Å²) in [5, 5.41) is 4.69. The summed E-state index contributed by atoms with van der Waals surface area (Å²) in [5.74, 6) is -1.64. The molecule has 158 valence electrons. The Bertz CT molecular complexity index is 897. The minimum Gasteiger partial charge on any atom is -0.467 e. The van der Waals surface area contributed by atoms with Crippen molar-refractivity contribution in [1.82, 2.24) is 15.5 Å². The lowest BCUT2D eigenvalue weighted by Crippen LogP contribution is -2.45. The van der Waals surface area contributed by atoms with Crippen LogP contribution in [-0.4, -0.2) is 41.4 Å². The SMILES string of the molecule is C[C@@H](OC(=O)[C@H]1CC(=O)N(Cc2ccco2)C1)C(=O)NC(=O)NCc1ccccc1. The molecule has 2 aromatic rings. The van der Waals surface area contributed by atoms with Gasteiger partial charge in [-0.2, -0.15) is 0 Å². The highest BCUT2D eigenvalue weighted by molar-refractivity contribution is 5.97. The van der Waals surface area contributed by atoms with Crippen molar-refractivity contribution < 1.29 is 28.3 Å². The van der Waals surface area contributed by atoms with Gasteiger partial charge in [-0.05, 0) is 24.6 Å². The van der Waals surface area contributed by atoms with Gasteiger partial charge in [0.1, 0.15) is 5.76 Å². The van der Waals surface area contributed by atoms with E-state index < -0.39 is 29.9 Å². The first-order chi connectivity index (χ1) is 14.4. The number of carbonyl (C=O) groups excluding carboxylic acids is 4. The molecule has 1 saturated heterocycles. The first kappa shape index (κ1) is 21.1. The second-order valence-corrected chi connectivity index (χ2v) is 6.99. The van der Waals surface area contributed by atoms with Gasteiger partial charge < -0.3 is 19.4 Å². The minimum atomic E-state index is -1.17. The maximum atomic E-state index is 12.3. The zero-order chi connectivity index (χ0) is 21.5. The summed E-state index contributed by atoms with van der Waals surface area (Å²) in [6.07, 6.45) is 0.345. The Morgan fingerprint density at radius 3 is 2.67 bits per heavy atom. The maximum Gasteiger partial charge on any atom is 0.321 e. The number of benzene rings is 1. The van der Waals surface area contributed by atoms with Gasteiger partial charge in [-0.1, -0.05) is 30.3 Å². The first-order valence-corrected chi connectivity index (χ1v) is 9.55. The monoisotopic (exact) mass is 413 g/mol. The summed E-state index contributed by atoms with van der Waals surface area (Å²) < 4.78 is 10.4. The smallest absolute Gasteiger partial charge is 0.321 e. The number of carbonyl (C=O) groups is 4. The van der Waals surface area contributed by atoms with Crippen LogP contribution in [0.25, 0.3) is 0 Å². The number of imide groups is 1. The standard InChI is InChI=1S/C21H23N3O6/c1-14(19(26)23-21(28)22-11-15-6-3-2-4-7-15)30-20(27)16-10-18(25)24(12-16)13-17-8-5-9-29-17/h2-9,14,16H,10-13H2,1H3,(H2,22,23,26,28)/t14-,16+/m1/s1. The van der Waals surface area contributed by atoms with Crippen molar-refractivity contribution in [3.8, 4) is 0 Å². The van der Waals surface area contributed by atoms with Crippen LogP contribution in [0, 0.1) is 5.92 Å². The molecule has 2 atom stereocenters. The molecule has 1 aliphatic heterocycles. The van der Waals surface area contributed by atoms with Crippen molar-refractivity contribution in [2.75, 3.05) is 6.54 Å². The normalized spacial score (nSPS) is 16.8. The minimum absolute atomic E-state index is 0.00540. The second kappa shape index (κ2) is 9.73. The van der Waals surface area contributed by atoms with Gasteiger partial charge in [0.2, 0.25) is 5.91 Å². The third-order valence-electron chi connectivity index (χ3n) is 4.67. The molecule has 0 spiro atoms. The second-order valence-electron chi connectivity index (χ2n) is 6.99. The number of ether oxygens (including phenoxy) is 1. The van der Waals surface area contributed by atoms with Crippen molar-refractivity contribution in [3.05, 3.63) is 60.1 Å². The molecule has 0 radical (unpaired) electrons. The largest absolute Gasteiger partial charge is 0.467 e. The van der Waals surface area contributed by atoms with Gasteiger partial charge in [0.05, 0.1) is 18.7 Å². The number of esters is 1. The number of rotatable bonds is 7. The number of nitrogens with one attached hydrogen (secondary N) is 2. The quantitative estimate of drug-likeness (QED) is 0.666. The fraction of sp³-hybridized carbons (Fsp3) is 0.333. The molecule has 1 aromatic heterocycles. The van der Waals surface area contributed by atoms with Crippen LogP contribution in [0.5, 0.6) is 0 Å². The predicted octanol–water partition coefficient (Wildman–Crippen LogP) is 1.59. The molecule has 2 N–H and O–H groups in total. The number of hydrogen-bond donors (Lipinski definition) is 2. The van der Waals surface area contributed by atoms with E-state index in [1.54, 1.807) is 12.1 Å². The van der Waals surface area contributed by atoms with Crippen LogP contribution in [0.3, 0.4) is 0 Å². The molecule has 30 heavy (non-hydrogen) atoms. The van der Waals surface area contributed by atoms with Crippen LogP contribution in [0.4, 0.5) is 4.79 Å². The number of furan rings is 1. The molecule has 0 bridgehead atoms. The van der Waals surface area contributed by atoms with Crippen molar-refractivity contribution in [1.29, 1.82) is 0 Å². The van der Waals surface area contributed by atoms with Gasteiger partial charge in [-0.15, -0.1) is 0 Å². The van der Waals surface area contributed by atoms with Crippen molar-refractivity contribution in [2.24, 2.45) is 5.92 Å². The van der Waals surface area contributed by atoms with Gasteiger partial charge in [-0.3, -0.25) is 19.7 Å². The summed E-state index contributed by atoms with van der Waals surface area (Å²) in [4.78, 5) is 49.9. The zero-order valence-corrected chi connectivity index (χ0v) is 16.5. The van der Waals surface area contributed by atoms with E-state index in [0.717, 1.165) is 5.56 Å². The van der Waals surface area contributed by atoms with E-state index in [-0.39, 0.29) is 32.0 Å². The van der Waals surface area contributed by atoms with E-state index in [1.165, 1.54) is 18.1 Å². The van der Waals surface area contributed by atoms with Crippen LogP contribution < -0.4 is 10.6 Å². The fourth-order valence-corrected chi connectivity index (χ4v) is 3.03. The van der Waals surface area contributed by atoms with E-state index in [9.17, 15) is 19.2 Å². The van der Waals surface area contributed by atoms with Gasteiger partial charge in [0.15, 0.2) is 6.10 Å². The van der Waals surface area contributed by atoms with Crippen molar-refractivity contribution in [2.45, 2.75) is 32.5 Å². The third-order valence-corrected chi connectivity index (χ3v) is 4.67. The third kappa shape index (κ3) is 5.69. The Kier molecular flexibility index (Phi) is 6.84. The average molecular weight is 413 g/mol. The lowest BCUT2D eigenvalue weighted by molar-refractivity contribution is -0.158. The van der Waals surface area contributed by atoms with E-state index in [2.05, 4.69) is 10.6 Å². The maximum absolute atomic E-state index is 12.3. The Morgan fingerprint density at radius 1 is 1.20 bits per heavy atom. The Hall–Kier alpha value is -3.62. The van der Waals surface area contributed by atoms with Crippen molar-refractivity contribution >= 4 is 23.8 Å². The highest BCUT2D eigenvalue weighted by Crippen LogP contribution is 2.22. The summed E-state index contributed by atoms with van der Waals surface area (Å²) in [6, 6.07) is 12.0. The molecule has 1 aliphatic rings. The highest BCUT2D eigenvalue weighted by atomic mass is 16.5. The van der Waals surface area contributed by atoms with Crippen LogP contribution in [0.15, 0.2) is 53.1 Å². The zero-order valence-electron chi connectivity index (χ0n) is 16.5. The molecule has 1 aromatic carbocycles. The topological polar surface area (TPSA) is 118 Å². The molecule has 9 heteroatoms. The summed E-state index contributed by atoms with van der Waals surface area (Å²) in [6.45, 7) is 2.08. The van der Waals surface area contributed by atoms with Crippen LogP contribution in [0.1, 0.15) is 24.7 Å². The van der Waals surface area contributed by atoms with E-state index in [1.807, 2.05) is 30.3 Å². The molecular formula is C21H23N3O6. The number of hydrogen-bond acceptors (Lipinski definition) is 6. The Balaban J connectivity index is 1.42. The molecule has 2 heterocycles. The van der Waals surface area contributed by atoms with Crippen LogP contribution >= 0.6 is 0 Å².